The molecule has 0 amide bonds. The Bertz CT molecular complexity index is 976. The number of rotatable bonds is 4. The van der Waals surface area contributed by atoms with Crippen LogP contribution >= 0.6 is 0 Å². The summed E-state index contributed by atoms with van der Waals surface area (Å²) in [4.78, 5) is 8.87. The molecule has 0 atom stereocenters. The van der Waals surface area contributed by atoms with Crippen LogP contribution < -0.4 is 5.32 Å². The van der Waals surface area contributed by atoms with Gasteiger partial charge in [-0.2, -0.15) is 0 Å². The van der Waals surface area contributed by atoms with Crippen molar-refractivity contribution in [3.8, 4) is 22.6 Å². The highest BCUT2D eigenvalue weighted by Crippen LogP contribution is 2.22. The second kappa shape index (κ2) is 6.52. The third-order valence-electron chi connectivity index (χ3n) is 3.84. The van der Waals surface area contributed by atoms with Gasteiger partial charge in [0.1, 0.15) is 6.33 Å². The van der Waals surface area contributed by atoms with Gasteiger partial charge in [0.05, 0.1) is 5.69 Å². The van der Waals surface area contributed by atoms with Gasteiger partial charge in [-0.05, 0) is 30.3 Å². The lowest BCUT2D eigenvalue weighted by Crippen LogP contribution is -1.98. The Morgan fingerprint density at radius 3 is 2.40 bits per heavy atom. The van der Waals surface area contributed by atoms with Crippen molar-refractivity contribution in [2.75, 3.05) is 5.32 Å². The fourth-order valence-electron chi connectivity index (χ4n) is 2.56. The van der Waals surface area contributed by atoms with Crippen LogP contribution in [-0.2, 0) is 7.05 Å². The van der Waals surface area contributed by atoms with Crippen LogP contribution in [0.15, 0.2) is 73.2 Å². The van der Waals surface area contributed by atoms with Crippen molar-refractivity contribution in [3.63, 3.8) is 0 Å². The van der Waals surface area contributed by atoms with Gasteiger partial charge < -0.3 is 9.88 Å². The predicted octanol–water partition coefficient (Wildman–Crippen LogP) is 3.68. The summed E-state index contributed by atoms with van der Waals surface area (Å²) < 4.78 is 1.88. The van der Waals surface area contributed by atoms with E-state index in [-0.39, 0.29) is 0 Å². The molecule has 0 bridgehead atoms. The maximum absolute atomic E-state index is 4.58. The fourth-order valence-corrected chi connectivity index (χ4v) is 2.56. The second-order valence-electron chi connectivity index (χ2n) is 5.60. The van der Waals surface area contributed by atoms with Crippen LogP contribution in [0.1, 0.15) is 0 Å². The molecule has 4 rings (SSSR count). The molecular weight excluding hydrogens is 312 g/mol. The number of benzene rings is 2. The molecule has 2 aromatic carbocycles. The first-order valence-corrected chi connectivity index (χ1v) is 7.89. The van der Waals surface area contributed by atoms with Crippen LogP contribution in [0, 0.1) is 0 Å². The van der Waals surface area contributed by atoms with E-state index < -0.39 is 0 Å². The van der Waals surface area contributed by atoms with E-state index in [0.717, 1.165) is 28.3 Å². The number of nitrogens with zero attached hydrogens (tertiary/aromatic N) is 5. The average molecular weight is 328 g/mol. The summed E-state index contributed by atoms with van der Waals surface area (Å²) in [5.41, 5.74) is 3.86. The SMILES string of the molecule is Cn1cnnc1-c1ccc(Nc2nccc(-c3ccccc3)n2)cc1. The molecule has 25 heavy (non-hydrogen) atoms. The summed E-state index contributed by atoms with van der Waals surface area (Å²) in [6.45, 7) is 0. The van der Waals surface area contributed by atoms with E-state index in [2.05, 4.69) is 25.5 Å². The zero-order valence-electron chi connectivity index (χ0n) is 13.7. The van der Waals surface area contributed by atoms with E-state index in [1.54, 1.807) is 12.5 Å². The van der Waals surface area contributed by atoms with Crippen LogP contribution in [0.2, 0.25) is 0 Å². The Hall–Kier alpha value is -3.54. The number of nitrogens with one attached hydrogen (secondary N) is 1. The molecule has 0 saturated carbocycles. The smallest absolute Gasteiger partial charge is 0.227 e. The first-order chi connectivity index (χ1) is 12.3. The molecule has 2 heterocycles. The molecule has 2 aromatic heterocycles. The molecule has 0 saturated heterocycles. The van der Waals surface area contributed by atoms with Gasteiger partial charge in [-0.3, -0.25) is 0 Å². The summed E-state index contributed by atoms with van der Waals surface area (Å²) in [6.07, 6.45) is 3.44. The number of hydrogen-bond donors (Lipinski definition) is 1. The van der Waals surface area contributed by atoms with Crippen molar-refractivity contribution in [3.05, 3.63) is 73.2 Å². The second-order valence-corrected chi connectivity index (χ2v) is 5.60. The third kappa shape index (κ3) is 3.23. The van der Waals surface area contributed by atoms with Crippen LogP contribution in [0.3, 0.4) is 0 Å². The van der Waals surface area contributed by atoms with Crippen molar-refractivity contribution in [1.82, 2.24) is 24.7 Å². The lowest BCUT2D eigenvalue weighted by atomic mass is 10.1. The topological polar surface area (TPSA) is 68.5 Å². The summed E-state index contributed by atoms with van der Waals surface area (Å²) in [5.74, 6) is 1.39. The van der Waals surface area contributed by atoms with Gasteiger partial charge in [0.2, 0.25) is 5.95 Å². The van der Waals surface area contributed by atoms with E-state index >= 15 is 0 Å². The first-order valence-electron chi connectivity index (χ1n) is 7.89. The summed E-state index contributed by atoms with van der Waals surface area (Å²) in [7, 11) is 1.92. The molecular formula is C19H16N6. The van der Waals surface area contributed by atoms with E-state index in [0.29, 0.717) is 5.95 Å². The zero-order valence-corrected chi connectivity index (χ0v) is 13.7. The minimum absolute atomic E-state index is 0.563. The normalized spacial score (nSPS) is 10.6. The molecule has 4 aromatic rings. The lowest BCUT2D eigenvalue weighted by molar-refractivity contribution is 0.920. The van der Waals surface area contributed by atoms with E-state index in [1.807, 2.05) is 72.3 Å². The quantitative estimate of drug-likeness (QED) is 0.619. The molecule has 0 radical (unpaired) electrons. The minimum atomic E-state index is 0.563. The maximum Gasteiger partial charge on any atom is 0.227 e. The molecule has 0 aliphatic heterocycles. The van der Waals surface area contributed by atoms with Gasteiger partial charge in [0.15, 0.2) is 5.82 Å². The van der Waals surface area contributed by atoms with E-state index in [1.165, 1.54) is 0 Å². The molecule has 6 nitrogen and oxygen atoms in total. The van der Waals surface area contributed by atoms with Gasteiger partial charge in [-0.15, -0.1) is 10.2 Å². The van der Waals surface area contributed by atoms with Crippen LogP contribution in [0.5, 0.6) is 0 Å². The van der Waals surface area contributed by atoms with Crippen molar-refractivity contribution < 1.29 is 0 Å². The molecule has 0 spiro atoms. The lowest BCUT2D eigenvalue weighted by Gasteiger charge is -2.07. The number of anilines is 2. The summed E-state index contributed by atoms with van der Waals surface area (Å²) >= 11 is 0. The van der Waals surface area contributed by atoms with E-state index in [4.69, 9.17) is 0 Å². The molecule has 6 heteroatoms. The van der Waals surface area contributed by atoms with Gasteiger partial charge in [-0.25, -0.2) is 9.97 Å². The highest BCUT2D eigenvalue weighted by Gasteiger charge is 2.06. The van der Waals surface area contributed by atoms with Crippen molar-refractivity contribution >= 4 is 11.6 Å². The van der Waals surface area contributed by atoms with Crippen LogP contribution in [-0.4, -0.2) is 24.7 Å². The van der Waals surface area contributed by atoms with Gasteiger partial charge in [0.25, 0.3) is 0 Å². The highest BCUT2D eigenvalue weighted by atomic mass is 15.2. The Labute approximate surface area is 145 Å². The Kier molecular flexibility index (Phi) is 3.92. The van der Waals surface area contributed by atoms with Gasteiger partial charge in [0, 0.05) is 30.1 Å². The molecule has 122 valence electrons. The standard InChI is InChI=1S/C19H16N6/c1-25-13-21-24-18(25)15-7-9-16(10-8-15)22-19-20-12-11-17(23-19)14-5-3-2-4-6-14/h2-13H,1H3,(H,20,22,23). The third-order valence-corrected chi connectivity index (χ3v) is 3.84. The molecule has 0 fully saturated rings. The molecule has 0 aliphatic rings. The summed E-state index contributed by atoms with van der Waals surface area (Å²) in [5, 5.41) is 11.3. The first kappa shape index (κ1) is 15.0. The van der Waals surface area contributed by atoms with Crippen LogP contribution in [0.25, 0.3) is 22.6 Å². The highest BCUT2D eigenvalue weighted by molar-refractivity contribution is 5.64. The van der Waals surface area contributed by atoms with Gasteiger partial charge in [-0.1, -0.05) is 30.3 Å². The number of aromatic nitrogens is 5. The zero-order chi connectivity index (χ0) is 17.1. The largest absolute Gasteiger partial charge is 0.324 e. The van der Waals surface area contributed by atoms with Gasteiger partial charge >= 0.3 is 0 Å². The number of hydrogen-bond acceptors (Lipinski definition) is 5. The minimum Gasteiger partial charge on any atom is -0.324 e. The fraction of sp³-hybridized carbons (Fsp3) is 0.0526. The Balaban J connectivity index is 1.56. The molecule has 1 N–H and O–H groups in total. The summed E-state index contributed by atoms with van der Waals surface area (Å²) in [6, 6.07) is 19.9. The Morgan fingerprint density at radius 2 is 1.68 bits per heavy atom. The predicted molar refractivity (Wildman–Crippen MR) is 97.2 cm³/mol. The Morgan fingerprint density at radius 1 is 0.880 bits per heavy atom. The van der Waals surface area contributed by atoms with Crippen molar-refractivity contribution in [2.45, 2.75) is 0 Å². The van der Waals surface area contributed by atoms with E-state index in [9.17, 15) is 0 Å². The van der Waals surface area contributed by atoms with Crippen molar-refractivity contribution in [2.24, 2.45) is 7.05 Å². The maximum atomic E-state index is 4.58. The average Bonchev–Trinajstić information content (AvgIpc) is 3.09. The number of aryl methyl sites for hydroxylation is 1. The van der Waals surface area contributed by atoms with Crippen LogP contribution in [0.4, 0.5) is 11.6 Å². The molecule has 0 aliphatic carbocycles. The molecule has 0 unspecified atom stereocenters. The monoisotopic (exact) mass is 328 g/mol. The van der Waals surface area contributed by atoms with Crippen molar-refractivity contribution in [1.29, 1.82) is 0 Å².